The average molecular weight is 382 g/mol. The van der Waals surface area contributed by atoms with E-state index in [0.717, 1.165) is 5.69 Å². The topological polar surface area (TPSA) is 98.8 Å². The molecule has 0 atom stereocenters. The predicted molar refractivity (Wildman–Crippen MR) is 102 cm³/mol. The molecule has 0 saturated carbocycles. The van der Waals surface area contributed by atoms with Gasteiger partial charge < -0.3 is 15.5 Å². The number of carbonyl (C=O) groups is 2. The van der Waals surface area contributed by atoms with Crippen LogP contribution in [0.5, 0.6) is 0 Å². The lowest BCUT2D eigenvalue weighted by molar-refractivity contribution is -0.128. The van der Waals surface area contributed by atoms with Gasteiger partial charge in [-0.25, -0.2) is 12.7 Å². The molecule has 144 valence electrons. The van der Waals surface area contributed by atoms with Crippen molar-refractivity contribution in [1.82, 2.24) is 9.62 Å². The van der Waals surface area contributed by atoms with E-state index < -0.39 is 10.0 Å². The van der Waals surface area contributed by atoms with Crippen LogP contribution in [0, 0.1) is 5.92 Å². The Kier molecular flexibility index (Phi) is 6.60. The van der Waals surface area contributed by atoms with Crippen LogP contribution >= 0.6 is 0 Å². The summed E-state index contributed by atoms with van der Waals surface area (Å²) in [6, 6.07) is 7.39. The number of nitrogens with one attached hydrogen (secondary N) is 2. The monoisotopic (exact) mass is 382 g/mol. The van der Waals surface area contributed by atoms with E-state index in [-0.39, 0.29) is 24.3 Å². The number of hydrogen-bond donors (Lipinski definition) is 2. The molecule has 1 aromatic carbocycles. The molecule has 1 fully saturated rings. The highest BCUT2D eigenvalue weighted by molar-refractivity contribution is 7.88. The molecule has 1 saturated heterocycles. The van der Waals surface area contributed by atoms with Crippen LogP contribution < -0.4 is 15.5 Å². The van der Waals surface area contributed by atoms with E-state index in [1.54, 1.807) is 12.1 Å². The molecule has 0 radical (unpaired) electrons. The van der Waals surface area contributed by atoms with Crippen LogP contribution in [0.3, 0.4) is 0 Å². The Hall–Kier alpha value is -2.13. The molecule has 9 heteroatoms. The fourth-order valence-corrected chi connectivity index (χ4v) is 3.68. The molecule has 8 nitrogen and oxygen atoms in total. The smallest absolute Gasteiger partial charge is 0.243 e. The molecule has 0 aromatic heterocycles. The largest absolute Gasteiger partial charge is 0.378 e. The molecular weight excluding hydrogens is 356 g/mol. The highest BCUT2D eigenvalue weighted by Gasteiger charge is 2.28. The lowest BCUT2D eigenvalue weighted by atomic mass is 9.97. The van der Waals surface area contributed by atoms with Gasteiger partial charge in [0.25, 0.3) is 0 Å². The van der Waals surface area contributed by atoms with Crippen molar-refractivity contribution in [1.29, 1.82) is 0 Å². The second kappa shape index (κ2) is 8.50. The molecule has 0 aliphatic carbocycles. The summed E-state index contributed by atoms with van der Waals surface area (Å²) in [5.41, 5.74) is 1.69. The first-order valence-corrected chi connectivity index (χ1v) is 10.3. The van der Waals surface area contributed by atoms with Gasteiger partial charge in [-0.1, -0.05) is 0 Å². The summed E-state index contributed by atoms with van der Waals surface area (Å²) in [5, 5.41) is 5.36. The Morgan fingerprint density at radius 2 is 1.73 bits per heavy atom. The third-order valence-electron chi connectivity index (χ3n) is 4.38. The Labute approximate surface area is 154 Å². The first-order chi connectivity index (χ1) is 12.2. The second-order valence-corrected chi connectivity index (χ2v) is 8.63. The number of hydrogen-bond acceptors (Lipinski definition) is 5. The number of rotatable bonds is 6. The number of carbonyl (C=O) groups excluding carboxylic acids is 2. The van der Waals surface area contributed by atoms with E-state index in [1.165, 1.54) is 10.6 Å². The van der Waals surface area contributed by atoms with Gasteiger partial charge >= 0.3 is 0 Å². The molecule has 1 aromatic rings. The molecule has 2 N–H and O–H groups in total. The normalized spacial score (nSPS) is 16.1. The van der Waals surface area contributed by atoms with E-state index in [1.807, 2.05) is 31.1 Å². The second-order valence-electron chi connectivity index (χ2n) is 6.64. The molecule has 0 spiro atoms. The Morgan fingerprint density at radius 3 is 2.23 bits per heavy atom. The van der Waals surface area contributed by atoms with Crippen molar-refractivity contribution < 1.29 is 18.0 Å². The molecule has 0 bridgehead atoms. The minimum atomic E-state index is -3.21. The zero-order valence-corrected chi connectivity index (χ0v) is 16.2. The van der Waals surface area contributed by atoms with Crippen molar-refractivity contribution >= 4 is 33.2 Å². The van der Waals surface area contributed by atoms with Gasteiger partial charge in [0.05, 0.1) is 12.8 Å². The minimum absolute atomic E-state index is 0.111. The lowest BCUT2D eigenvalue weighted by Crippen LogP contribution is -2.44. The summed E-state index contributed by atoms with van der Waals surface area (Å²) >= 11 is 0. The average Bonchev–Trinajstić information content (AvgIpc) is 2.59. The molecule has 0 unspecified atom stereocenters. The van der Waals surface area contributed by atoms with E-state index in [0.29, 0.717) is 31.6 Å². The fraction of sp³-hybridized carbons (Fsp3) is 0.529. The van der Waals surface area contributed by atoms with Crippen LogP contribution in [0.15, 0.2) is 24.3 Å². The maximum absolute atomic E-state index is 12.2. The Bertz CT molecular complexity index is 739. The van der Waals surface area contributed by atoms with E-state index in [2.05, 4.69) is 10.6 Å². The van der Waals surface area contributed by atoms with Crippen molar-refractivity contribution in [3.63, 3.8) is 0 Å². The highest BCUT2D eigenvalue weighted by atomic mass is 32.2. The SMILES string of the molecule is CN(C)c1ccc(NC(=O)CNC(=O)C2CCN(S(C)(=O)=O)CC2)cc1. The zero-order valence-electron chi connectivity index (χ0n) is 15.4. The summed E-state index contributed by atoms with van der Waals surface area (Å²) in [5.74, 6) is -0.777. The highest BCUT2D eigenvalue weighted by Crippen LogP contribution is 2.19. The van der Waals surface area contributed by atoms with Crippen LogP contribution in [-0.2, 0) is 19.6 Å². The van der Waals surface area contributed by atoms with Crippen LogP contribution in [0.1, 0.15) is 12.8 Å². The van der Waals surface area contributed by atoms with Gasteiger partial charge in [0, 0.05) is 44.5 Å². The maximum atomic E-state index is 12.2. The number of amides is 2. The maximum Gasteiger partial charge on any atom is 0.243 e. The Balaban J connectivity index is 1.76. The molecule has 1 aliphatic heterocycles. The molecule has 1 aliphatic rings. The molecule has 1 heterocycles. The van der Waals surface area contributed by atoms with Gasteiger partial charge in [0.15, 0.2) is 0 Å². The summed E-state index contributed by atoms with van der Waals surface area (Å²) in [6.45, 7) is 0.559. The molecular formula is C17H26N4O4S. The molecule has 26 heavy (non-hydrogen) atoms. The Morgan fingerprint density at radius 1 is 1.15 bits per heavy atom. The van der Waals surface area contributed by atoms with Crippen LogP contribution in [0.4, 0.5) is 11.4 Å². The minimum Gasteiger partial charge on any atom is -0.378 e. The van der Waals surface area contributed by atoms with Crippen molar-refractivity contribution in [2.75, 3.05) is 50.2 Å². The van der Waals surface area contributed by atoms with E-state index in [9.17, 15) is 18.0 Å². The molecule has 2 rings (SSSR count). The summed E-state index contributed by atoms with van der Waals surface area (Å²) in [6.07, 6.45) is 2.10. The lowest BCUT2D eigenvalue weighted by Gasteiger charge is -2.29. The summed E-state index contributed by atoms with van der Waals surface area (Å²) in [4.78, 5) is 26.1. The summed E-state index contributed by atoms with van der Waals surface area (Å²) < 4.78 is 24.3. The standard InChI is InChI=1S/C17H26N4O4S/c1-20(2)15-6-4-14(5-7-15)19-16(22)12-18-17(23)13-8-10-21(11-9-13)26(3,24)25/h4-7,13H,8-12H2,1-3H3,(H,18,23)(H,19,22). The summed E-state index contributed by atoms with van der Waals surface area (Å²) in [7, 11) is 0.659. The van der Waals surface area contributed by atoms with Gasteiger partial charge in [0.1, 0.15) is 0 Å². The quantitative estimate of drug-likeness (QED) is 0.746. The van der Waals surface area contributed by atoms with Crippen molar-refractivity contribution in [2.24, 2.45) is 5.92 Å². The first-order valence-electron chi connectivity index (χ1n) is 8.47. The predicted octanol–water partition coefficient (Wildman–Crippen LogP) is 0.479. The number of benzene rings is 1. The first kappa shape index (κ1) is 20.2. The number of sulfonamides is 1. The number of nitrogens with zero attached hydrogens (tertiary/aromatic N) is 2. The van der Waals surface area contributed by atoms with Crippen LogP contribution in [-0.4, -0.2) is 64.5 Å². The van der Waals surface area contributed by atoms with Crippen LogP contribution in [0.2, 0.25) is 0 Å². The van der Waals surface area contributed by atoms with Crippen LogP contribution in [0.25, 0.3) is 0 Å². The molecule has 2 amide bonds. The van der Waals surface area contributed by atoms with Crippen molar-refractivity contribution in [2.45, 2.75) is 12.8 Å². The van der Waals surface area contributed by atoms with Gasteiger partial charge in [-0.05, 0) is 37.1 Å². The van der Waals surface area contributed by atoms with Gasteiger partial charge in [-0.3, -0.25) is 9.59 Å². The number of piperidine rings is 1. The van der Waals surface area contributed by atoms with E-state index in [4.69, 9.17) is 0 Å². The van der Waals surface area contributed by atoms with E-state index >= 15 is 0 Å². The fourth-order valence-electron chi connectivity index (χ4n) is 2.81. The third-order valence-corrected chi connectivity index (χ3v) is 5.69. The van der Waals surface area contributed by atoms with Gasteiger partial charge in [0.2, 0.25) is 21.8 Å². The van der Waals surface area contributed by atoms with Crippen molar-refractivity contribution in [3.05, 3.63) is 24.3 Å². The van der Waals surface area contributed by atoms with Crippen molar-refractivity contribution in [3.8, 4) is 0 Å². The number of anilines is 2. The van der Waals surface area contributed by atoms with Gasteiger partial charge in [-0.2, -0.15) is 0 Å². The van der Waals surface area contributed by atoms with Gasteiger partial charge in [-0.15, -0.1) is 0 Å². The zero-order chi connectivity index (χ0) is 19.3. The third kappa shape index (κ3) is 5.70.